The van der Waals surface area contributed by atoms with Gasteiger partial charge in [-0.15, -0.1) is 0 Å². The molecular formula is C12H24MgO6S. The standard InChI is InChI=1S/C12H24O2.Mg.H2O4S/c1-2-3-4-5-6-7-8-9-10-11-12(13)14;;1-5(2,3)4/h2-11H2,1H3,(H,13,14);;(H2,1,2,3,4)/q;+2;/p-2. The first kappa shape index (κ1) is 25.1. The number of carbonyl (C=O) groups is 1. The average molecular weight is 321 g/mol. The van der Waals surface area contributed by atoms with Crippen LogP contribution in [0.1, 0.15) is 71.1 Å². The van der Waals surface area contributed by atoms with Crippen molar-refractivity contribution in [2.75, 3.05) is 0 Å². The molecule has 0 aromatic heterocycles. The van der Waals surface area contributed by atoms with Crippen LogP contribution in [0.5, 0.6) is 0 Å². The third kappa shape index (κ3) is 43.0. The summed E-state index contributed by atoms with van der Waals surface area (Å²) in [5, 5.41) is 8.41. The molecule has 20 heavy (non-hydrogen) atoms. The van der Waals surface area contributed by atoms with Gasteiger partial charge in [0.05, 0.1) is 0 Å². The van der Waals surface area contributed by atoms with Crippen LogP contribution in [0, 0.1) is 0 Å². The molecule has 1 N–H and O–H groups in total. The third-order valence-electron chi connectivity index (χ3n) is 2.49. The molecule has 0 aromatic carbocycles. The van der Waals surface area contributed by atoms with Gasteiger partial charge in [-0.1, -0.05) is 58.3 Å². The fraction of sp³-hybridized carbons (Fsp3) is 0.917. The maximum absolute atomic E-state index is 10.2. The molecule has 0 aliphatic rings. The summed E-state index contributed by atoms with van der Waals surface area (Å²) in [5.41, 5.74) is 0. The molecule has 8 heteroatoms. The van der Waals surface area contributed by atoms with Crippen LogP contribution in [0.25, 0.3) is 0 Å². The van der Waals surface area contributed by atoms with Crippen LogP contribution < -0.4 is 0 Å². The Morgan fingerprint density at radius 3 is 1.50 bits per heavy atom. The first-order chi connectivity index (χ1) is 8.77. The Morgan fingerprint density at radius 2 is 1.20 bits per heavy atom. The maximum atomic E-state index is 10.2. The van der Waals surface area contributed by atoms with Gasteiger partial charge in [0.2, 0.25) is 0 Å². The molecule has 0 saturated carbocycles. The minimum Gasteiger partial charge on any atom is -0.759 e. The van der Waals surface area contributed by atoms with E-state index in [9.17, 15) is 4.79 Å². The monoisotopic (exact) mass is 320 g/mol. The molecule has 0 unspecified atom stereocenters. The van der Waals surface area contributed by atoms with E-state index in [-0.39, 0.29) is 23.1 Å². The molecule has 0 fully saturated rings. The van der Waals surface area contributed by atoms with Crippen molar-refractivity contribution in [3.63, 3.8) is 0 Å². The summed E-state index contributed by atoms with van der Waals surface area (Å²) in [6.07, 6.45) is 11.5. The molecule has 0 rings (SSSR count). The second kappa shape index (κ2) is 17.2. The summed E-state index contributed by atoms with van der Waals surface area (Å²) >= 11 is 0. The fourth-order valence-electron chi connectivity index (χ4n) is 1.59. The Labute approximate surface area is 138 Å². The summed E-state index contributed by atoms with van der Waals surface area (Å²) in [5.74, 6) is -0.659. The van der Waals surface area contributed by atoms with Gasteiger partial charge in [0.15, 0.2) is 0 Å². The molecule has 0 aromatic rings. The number of carboxylic acid groups (broad SMARTS) is 1. The topological polar surface area (TPSA) is 118 Å². The van der Waals surface area contributed by atoms with Gasteiger partial charge < -0.3 is 14.2 Å². The number of aliphatic carboxylic acids is 1. The fourth-order valence-corrected chi connectivity index (χ4v) is 1.59. The third-order valence-corrected chi connectivity index (χ3v) is 2.49. The van der Waals surface area contributed by atoms with Crippen molar-refractivity contribution >= 4 is 39.4 Å². The van der Waals surface area contributed by atoms with Gasteiger partial charge in [0.1, 0.15) is 0 Å². The van der Waals surface area contributed by atoms with Crippen molar-refractivity contribution < 1.29 is 27.4 Å². The Bertz CT molecular complexity index is 297. The average Bonchev–Trinajstić information content (AvgIpc) is 2.24. The molecule has 0 spiro atoms. The van der Waals surface area contributed by atoms with Crippen molar-refractivity contribution in [1.29, 1.82) is 0 Å². The van der Waals surface area contributed by atoms with Crippen molar-refractivity contribution in [1.82, 2.24) is 0 Å². The molecule has 116 valence electrons. The van der Waals surface area contributed by atoms with Crippen molar-refractivity contribution in [2.24, 2.45) is 0 Å². The van der Waals surface area contributed by atoms with E-state index in [0.717, 1.165) is 12.8 Å². The largest absolute Gasteiger partial charge is 2.00 e. The van der Waals surface area contributed by atoms with Gasteiger partial charge in [-0.3, -0.25) is 13.2 Å². The second-order valence-corrected chi connectivity index (χ2v) is 5.20. The van der Waals surface area contributed by atoms with Crippen molar-refractivity contribution in [3.8, 4) is 0 Å². The van der Waals surface area contributed by atoms with E-state index in [1.165, 1.54) is 44.9 Å². The van der Waals surface area contributed by atoms with Gasteiger partial charge in [-0.2, -0.15) is 0 Å². The smallest absolute Gasteiger partial charge is 0.759 e. The predicted molar refractivity (Wildman–Crippen MR) is 75.7 cm³/mol. The molecule has 0 heterocycles. The van der Waals surface area contributed by atoms with Gasteiger partial charge in [0.25, 0.3) is 0 Å². The van der Waals surface area contributed by atoms with Crippen molar-refractivity contribution in [2.45, 2.75) is 71.1 Å². The van der Waals surface area contributed by atoms with E-state index in [4.69, 9.17) is 22.6 Å². The summed E-state index contributed by atoms with van der Waals surface area (Å²) in [4.78, 5) is 10.2. The summed E-state index contributed by atoms with van der Waals surface area (Å²) < 4.78 is 34.1. The van der Waals surface area contributed by atoms with Crippen LogP contribution in [0.3, 0.4) is 0 Å². The molecule has 0 aliphatic carbocycles. The van der Waals surface area contributed by atoms with Crippen LogP contribution in [0.15, 0.2) is 0 Å². The Kier molecular flexibility index (Phi) is 21.5. The zero-order chi connectivity index (χ0) is 15.1. The van der Waals surface area contributed by atoms with E-state index in [2.05, 4.69) is 6.92 Å². The maximum Gasteiger partial charge on any atom is 2.00 e. The summed E-state index contributed by atoms with van der Waals surface area (Å²) in [7, 11) is -5.17. The SMILES string of the molecule is CCCCCCCCCCCC(=O)O.O=S(=O)([O-])[O-].[Mg+2]. The zero-order valence-electron chi connectivity index (χ0n) is 12.2. The number of unbranched alkanes of at least 4 members (excludes halogenated alkanes) is 8. The quantitative estimate of drug-likeness (QED) is 0.285. The number of hydrogen-bond donors (Lipinski definition) is 1. The Hall–Kier alpha value is 0.106. The first-order valence-corrected chi connectivity index (χ1v) is 7.99. The van der Waals surface area contributed by atoms with E-state index in [1.54, 1.807) is 0 Å². The number of hydrogen-bond acceptors (Lipinski definition) is 5. The van der Waals surface area contributed by atoms with Gasteiger partial charge in [0, 0.05) is 16.8 Å². The molecule has 0 aliphatic heterocycles. The Morgan fingerprint density at radius 1 is 0.900 bits per heavy atom. The van der Waals surface area contributed by atoms with Crippen LogP contribution in [-0.4, -0.2) is 51.7 Å². The molecule has 0 radical (unpaired) electrons. The van der Waals surface area contributed by atoms with Crippen molar-refractivity contribution in [3.05, 3.63) is 0 Å². The van der Waals surface area contributed by atoms with Gasteiger partial charge >= 0.3 is 29.0 Å². The molecule has 0 amide bonds. The van der Waals surface area contributed by atoms with Gasteiger partial charge in [-0.25, -0.2) is 0 Å². The number of rotatable bonds is 10. The molecule has 0 saturated heterocycles. The van der Waals surface area contributed by atoms with Crippen LogP contribution in [0.4, 0.5) is 0 Å². The summed E-state index contributed by atoms with van der Waals surface area (Å²) in [6.45, 7) is 2.23. The van der Waals surface area contributed by atoms with E-state index < -0.39 is 16.4 Å². The zero-order valence-corrected chi connectivity index (χ0v) is 14.4. The number of carboxylic acids is 1. The minimum absolute atomic E-state index is 0. The van der Waals surface area contributed by atoms with E-state index in [1.807, 2.05) is 0 Å². The molecular weight excluding hydrogens is 296 g/mol. The molecule has 0 bridgehead atoms. The molecule has 0 atom stereocenters. The summed E-state index contributed by atoms with van der Waals surface area (Å²) in [6, 6.07) is 0. The minimum atomic E-state index is -5.17. The van der Waals surface area contributed by atoms with Crippen LogP contribution >= 0.6 is 0 Å². The Balaban J connectivity index is -0.000000414. The van der Waals surface area contributed by atoms with E-state index >= 15 is 0 Å². The predicted octanol–water partition coefficient (Wildman–Crippen LogP) is 2.27. The normalized spacial score (nSPS) is 10.2. The first-order valence-electron chi connectivity index (χ1n) is 6.66. The molecule has 6 nitrogen and oxygen atoms in total. The van der Waals surface area contributed by atoms with Crippen LogP contribution in [-0.2, 0) is 15.2 Å². The van der Waals surface area contributed by atoms with Crippen LogP contribution in [0.2, 0.25) is 0 Å². The van der Waals surface area contributed by atoms with E-state index in [0.29, 0.717) is 6.42 Å². The second-order valence-electron chi connectivity index (χ2n) is 4.38. The van der Waals surface area contributed by atoms with Gasteiger partial charge in [-0.05, 0) is 6.42 Å².